The first-order chi connectivity index (χ1) is 16.1. The van der Waals surface area contributed by atoms with Crippen molar-refractivity contribution in [3.8, 4) is 17.2 Å². The summed E-state index contributed by atoms with van der Waals surface area (Å²) in [4.78, 5) is 12.9. The maximum atomic E-state index is 6.50. The molecule has 1 N–H and O–H groups in total. The molecule has 33 heavy (non-hydrogen) atoms. The van der Waals surface area contributed by atoms with Crippen LogP contribution in [0.25, 0.3) is 17.2 Å². The minimum absolute atomic E-state index is 0.0142. The molecule has 0 radical (unpaired) electrons. The summed E-state index contributed by atoms with van der Waals surface area (Å²) in [5, 5.41) is 13.8. The standard InChI is InChI=1S/C23H21ClN8O/c1-14(22-30-31-23(33-22)17-6-5-15(2)27-13-17)12-19-28-29-20(16-7-10-25-11-8-16)32(19)21-18(24)4-3-9-26-21/h3-11,13-14,22,30H,12H2,1-2H3. The minimum Gasteiger partial charge on any atom is -0.451 e. The van der Waals surface area contributed by atoms with E-state index in [0.29, 0.717) is 34.8 Å². The second kappa shape index (κ2) is 8.95. The lowest BCUT2D eigenvalue weighted by Gasteiger charge is -2.19. The maximum Gasteiger partial charge on any atom is 0.241 e. The van der Waals surface area contributed by atoms with Crippen molar-refractivity contribution < 1.29 is 4.74 Å². The summed E-state index contributed by atoms with van der Waals surface area (Å²) in [5.74, 6) is 2.46. The molecule has 0 amide bonds. The third-order valence-corrected chi connectivity index (χ3v) is 5.63. The molecule has 0 saturated heterocycles. The van der Waals surface area contributed by atoms with Crippen molar-refractivity contribution >= 4 is 17.5 Å². The molecule has 2 atom stereocenters. The third kappa shape index (κ3) is 4.27. The van der Waals surface area contributed by atoms with Crippen LogP contribution in [0.2, 0.25) is 5.02 Å². The molecule has 166 valence electrons. The van der Waals surface area contributed by atoms with Gasteiger partial charge < -0.3 is 4.74 Å². The van der Waals surface area contributed by atoms with Crippen LogP contribution in [0.5, 0.6) is 0 Å². The quantitative estimate of drug-likeness (QED) is 0.469. The Morgan fingerprint density at radius 1 is 1.06 bits per heavy atom. The van der Waals surface area contributed by atoms with Gasteiger partial charge in [-0.2, -0.15) is 0 Å². The van der Waals surface area contributed by atoms with Crippen molar-refractivity contribution in [1.82, 2.24) is 35.1 Å². The molecule has 9 nitrogen and oxygen atoms in total. The van der Waals surface area contributed by atoms with Crippen LogP contribution >= 0.6 is 11.6 Å². The summed E-state index contributed by atoms with van der Waals surface area (Å²) in [5.41, 5.74) is 5.71. The van der Waals surface area contributed by atoms with Crippen molar-refractivity contribution in [3.63, 3.8) is 0 Å². The fourth-order valence-corrected chi connectivity index (χ4v) is 3.77. The number of hydrazone groups is 1. The predicted molar refractivity (Wildman–Crippen MR) is 124 cm³/mol. The van der Waals surface area contributed by atoms with Gasteiger partial charge in [0, 0.05) is 48.4 Å². The molecule has 5 rings (SSSR count). The molecule has 0 fully saturated rings. The number of rotatable bonds is 6. The monoisotopic (exact) mass is 460 g/mol. The Labute approximate surface area is 195 Å². The number of pyridine rings is 3. The number of hydrogen-bond donors (Lipinski definition) is 1. The summed E-state index contributed by atoms with van der Waals surface area (Å²) in [6.45, 7) is 4.00. The average Bonchev–Trinajstić information content (AvgIpc) is 3.48. The van der Waals surface area contributed by atoms with Gasteiger partial charge in [0.2, 0.25) is 5.90 Å². The molecule has 0 aliphatic carbocycles. The van der Waals surface area contributed by atoms with E-state index in [1.54, 1.807) is 36.9 Å². The molecule has 5 heterocycles. The highest BCUT2D eigenvalue weighted by Gasteiger charge is 2.29. The highest BCUT2D eigenvalue weighted by molar-refractivity contribution is 6.32. The van der Waals surface area contributed by atoms with Gasteiger partial charge in [-0.05, 0) is 43.3 Å². The number of ether oxygens (including phenoxy) is 1. The second-order valence-corrected chi connectivity index (χ2v) is 8.18. The van der Waals surface area contributed by atoms with Gasteiger partial charge in [0.05, 0.1) is 10.6 Å². The lowest BCUT2D eigenvalue weighted by atomic mass is 10.1. The van der Waals surface area contributed by atoms with Gasteiger partial charge in [0.1, 0.15) is 5.82 Å². The number of halogens is 1. The smallest absolute Gasteiger partial charge is 0.241 e. The summed E-state index contributed by atoms with van der Waals surface area (Å²) < 4.78 is 7.96. The highest BCUT2D eigenvalue weighted by atomic mass is 35.5. The van der Waals surface area contributed by atoms with Crippen LogP contribution in [0.3, 0.4) is 0 Å². The molecule has 1 aliphatic heterocycles. The number of nitrogens with one attached hydrogen (secondary N) is 1. The van der Waals surface area contributed by atoms with Crippen LogP contribution in [-0.2, 0) is 11.2 Å². The van der Waals surface area contributed by atoms with Crippen LogP contribution in [0, 0.1) is 12.8 Å². The van der Waals surface area contributed by atoms with Crippen molar-refractivity contribution in [2.75, 3.05) is 0 Å². The van der Waals surface area contributed by atoms with E-state index in [9.17, 15) is 0 Å². The van der Waals surface area contributed by atoms with Crippen LogP contribution < -0.4 is 5.43 Å². The average molecular weight is 461 g/mol. The maximum absolute atomic E-state index is 6.50. The Hall–Kier alpha value is -3.85. The third-order valence-electron chi connectivity index (χ3n) is 5.33. The molecule has 0 spiro atoms. The Morgan fingerprint density at radius 2 is 1.91 bits per heavy atom. The first-order valence-electron chi connectivity index (χ1n) is 10.5. The lowest BCUT2D eigenvalue weighted by Crippen LogP contribution is -2.31. The van der Waals surface area contributed by atoms with E-state index in [4.69, 9.17) is 16.3 Å². The molecular formula is C23H21ClN8O. The SMILES string of the molecule is Cc1ccc(C2=NNC(C(C)Cc3nnc(-c4ccncc4)n3-c3ncccc3Cl)O2)cn1. The fourth-order valence-electron chi connectivity index (χ4n) is 3.56. The van der Waals surface area contributed by atoms with Crippen LogP contribution in [0.1, 0.15) is 24.0 Å². The number of aryl methyl sites for hydroxylation is 1. The van der Waals surface area contributed by atoms with Crippen molar-refractivity contribution in [1.29, 1.82) is 0 Å². The number of hydrogen-bond acceptors (Lipinski definition) is 8. The van der Waals surface area contributed by atoms with Gasteiger partial charge in [-0.15, -0.1) is 15.3 Å². The molecule has 1 aliphatic rings. The Balaban J connectivity index is 1.41. The molecule has 4 aromatic rings. The zero-order valence-corrected chi connectivity index (χ0v) is 18.8. The molecule has 10 heteroatoms. The Kier molecular flexibility index (Phi) is 5.70. The van der Waals surface area contributed by atoms with E-state index in [1.807, 2.05) is 35.8 Å². The largest absolute Gasteiger partial charge is 0.451 e. The molecule has 0 bridgehead atoms. The van der Waals surface area contributed by atoms with Gasteiger partial charge in [-0.25, -0.2) is 4.98 Å². The zero-order chi connectivity index (χ0) is 22.8. The van der Waals surface area contributed by atoms with Gasteiger partial charge in [-0.1, -0.05) is 18.5 Å². The van der Waals surface area contributed by atoms with Crippen molar-refractivity contribution in [3.05, 3.63) is 83.3 Å². The van der Waals surface area contributed by atoms with E-state index >= 15 is 0 Å². The number of aromatic nitrogens is 6. The van der Waals surface area contributed by atoms with Gasteiger partial charge in [0.15, 0.2) is 17.9 Å². The summed E-state index contributed by atoms with van der Waals surface area (Å²) >= 11 is 6.50. The molecule has 2 unspecified atom stereocenters. The van der Waals surface area contributed by atoms with E-state index < -0.39 is 0 Å². The van der Waals surface area contributed by atoms with Crippen molar-refractivity contribution in [2.45, 2.75) is 26.5 Å². The summed E-state index contributed by atoms with van der Waals surface area (Å²) in [7, 11) is 0. The fraction of sp³-hybridized carbons (Fsp3) is 0.217. The highest BCUT2D eigenvalue weighted by Crippen LogP contribution is 2.27. The van der Waals surface area contributed by atoms with E-state index in [1.165, 1.54) is 0 Å². The zero-order valence-electron chi connectivity index (χ0n) is 18.1. The minimum atomic E-state index is -0.324. The van der Waals surface area contributed by atoms with Crippen LogP contribution in [0.4, 0.5) is 0 Å². The van der Waals surface area contributed by atoms with Gasteiger partial charge in [0.25, 0.3) is 0 Å². The Bertz CT molecular complexity index is 1290. The van der Waals surface area contributed by atoms with Crippen LogP contribution in [0.15, 0.2) is 66.3 Å². The molecule has 4 aromatic heterocycles. The first-order valence-corrected chi connectivity index (χ1v) is 10.9. The Morgan fingerprint density at radius 3 is 2.67 bits per heavy atom. The molecule has 0 saturated carbocycles. The van der Waals surface area contributed by atoms with Gasteiger partial charge in [-0.3, -0.25) is 20.0 Å². The second-order valence-electron chi connectivity index (χ2n) is 7.77. The lowest BCUT2D eigenvalue weighted by molar-refractivity contribution is 0.125. The molecule has 0 aromatic carbocycles. The first kappa shape index (κ1) is 21.0. The number of nitrogens with zero attached hydrogens (tertiary/aromatic N) is 7. The van der Waals surface area contributed by atoms with Crippen molar-refractivity contribution in [2.24, 2.45) is 11.0 Å². The normalized spacial score (nSPS) is 16.1. The van der Waals surface area contributed by atoms with Crippen LogP contribution in [-0.4, -0.2) is 41.8 Å². The van der Waals surface area contributed by atoms with Gasteiger partial charge >= 0.3 is 0 Å². The molecular weight excluding hydrogens is 440 g/mol. The van der Waals surface area contributed by atoms with E-state index in [0.717, 1.165) is 16.8 Å². The topological polar surface area (TPSA) is 103 Å². The van der Waals surface area contributed by atoms with E-state index in [2.05, 4.69) is 42.6 Å². The van der Waals surface area contributed by atoms with E-state index in [-0.39, 0.29) is 12.1 Å². The summed E-state index contributed by atoms with van der Waals surface area (Å²) in [6.07, 6.45) is 7.11. The predicted octanol–water partition coefficient (Wildman–Crippen LogP) is 3.57. The summed E-state index contributed by atoms with van der Waals surface area (Å²) in [6, 6.07) is 11.2.